The number of fused-ring (bicyclic) bond motifs is 1. The number of amides is 2. The van der Waals surface area contributed by atoms with Crippen LogP contribution in [0.1, 0.15) is 18.4 Å². The molecule has 1 aliphatic rings. The van der Waals surface area contributed by atoms with Crippen LogP contribution in [0.25, 0.3) is 10.9 Å². The highest BCUT2D eigenvalue weighted by atomic mass is 19.1. The lowest BCUT2D eigenvalue weighted by atomic mass is 9.98. The Labute approximate surface area is 243 Å². The van der Waals surface area contributed by atoms with Gasteiger partial charge >= 0.3 is 11.8 Å². The number of aromatic nitrogens is 1. The van der Waals surface area contributed by atoms with E-state index in [1.165, 1.54) is 12.1 Å². The van der Waals surface area contributed by atoms with Gasteiger partial charge in [-0.25, -0.2) is 4.39 Å². The third kappa shape index (κ3) is 6.95. The van der Waals surface area contributed by atoms with Crippen LogP contribution < -0.4 is 24.8 Å². The predicted octanol–water partition coefficient (Wildman–Crippen LogP) is 5.15. The van der Waals surface area contributed by atoms with Crippen LogP contribution >= 0.6 is 0 Å². The van der Waals surface area contributed by atoms with Crippen LogP contribution in [0.2, 0.25) is 0 Å². The van der Waals surface area contributed by atoms with Crippen LogP contribution in [0.3, 0.4) is 0 Å². The van der Waals surface area contributed by atoms with Gasteiger partial charge in [-0.2, -0.15) is 0 Å². The first kappa shape index (κ1) is 28.8. The summed E-state index contributed by atoms with van der Waals surface area (Å²) in [5, 5.41) is 5.57. The number of piperidine rings is 1. The molecule has 0 atom stereocenters. The number of anilines is 1. The van der Waals surface area contributed by atoms with Gasteiger partial charge in [-0.3, -0.25) is 14.6 Å². The lowest BCUT2D eigenvalue weighted by Gasteiger charge is -2.28. The van der Waals surface area contributed by atoms with Crippen LogP contribution in [0.5, 0.6) is 23.0 Å². The fourth-order valence-corrected chi connectivity index (χ4v) is 4.81. The predicted molar refractivity (Wildman–Crippen MR) is 157 cm³/mol. The normalized spacial score (nSPS) is 13.9. The van der Waals surface area contributed by atoms with Gasteiger partial charge in [0.05, 0.1) is 13.7 Å². The zero-order valence-electron chi connectivity index (χ0n) is 23.6. The number of methoxy groups -OCH3 is 1. The van der Waals surface area contributed by atoms with Gasteiger partial charge in [0.2, 0.25) is 0 Å². The van der Waals surface area contributed by atoms with Crippen molar-refractivity contribution in [2.75, 3.05) is 39.2 Å². The number of benzene rings is 3. The van der Waals surface area contributed by atoms with E-state index in [9.17, 15) is 9.59 Å². The first-order valence-corrected chi connectivity index (χ1v) is 13.8. The maximum Gasteiger partial charge on any atom is 0.313 e. The minimum atomic E-state index is -0.903. The molecule has 9 nitrogen and oxygen atoms in total. The Kier molecular flexibility index (Phi) is 9.13. The Balaban J connectivity index is 1.25. The van der Waals surface area contributed by atoms with Crippen LogP contribution in [-0.4, -0.2) is 55.6 Å². The minimum Gasteiger partial charge on any atom is -0.491 e. The third-order valence-electron chi connectivity index (χ3n) is 7.22. The molecule has 42 heavy (non-hydrogen) atoms. The zero-order chi connectivity index (χ0) is 29.5. The summed E-state index contributed by atoms with van der Waals surface area (Å²) < 4.78 is 32.7. The Hall–Kier alpha value is -4.70. The van der Waals surface area contributed by atoms with Gasteiger partial charge < -0.3 is 29.7 Å². The van der Waals surface area contributed by atoms with Crippen molar-refractivity contribution in [3.63, 3.8) is 0 Å². The monoisotopic (exact) mass is 572 g/mol. The first-order chi connectivity index (χ1) is 20.4. The SMILES string of the molecule is COc1c(OCC2CCN(C)CC2)ccc2c(Oc3ccc(NC(=O)C(=O)NCc4ccccc4)cc3F)ccnc12. The Bertz CT molecular complexity index is 1560. The Morgan fingerprint density at radius 2 is 1.74 bits per heavy atom. The van der Waals surface area contributed by atoms with E-state index in [-0.39, 0.29) is 18.0 Å². The van der Waals surface area contributed by atoms with Gasteiger partial charge in [-0.05, 0) is 74.8 Å². The molecule has 1 saturated heterocycles. The van der Waals surface area contributed by atoms with Crippen LogP contribution in [0.15, 0.2) is 72.9 Å². The summed E-state index contributed by atoms with van der Waals surface area (Å²) in [7, 11) is 3.68. The topological polar surface area (TPSA) is 102 Å². The average Bonchev–Trinajstić information content (AvgIpc) is 3.01. The highest BCUT2D eigenvalue weighted by Gasteiger charge is 2.20. The molecule has 10 heteroatoms. The van der Waals surface area contributed by atoms with E-state index in [4.69, 9.17) is 14.2 Å². The van der Waals surface area contributed by atoms with E-state index in [0.717, 1.165) is 37.6 Å². The van der Waals surface area contributed by atoms with E-state index in [1.807, 2.05) is 42.5 Å². The smallest absolute Gasteiger partial charge is 0.313 e. The van der Waals surface area contributed by atoms with Gasteiger partial charge in [0.1, 0.15) is 11.3 Å². The lowest BCUT2D eigenvalue weighted by Crippen LogP contribution is -2.34. The molecular weight excluding hydrogens is 539 g/mol. The highest BCUT2D eigenvalue weighted by Crippen LogP contribution is 2.40. The molecule has 1 aromatic heterocycles. The van der Waals surface area contributed by atoms with E-state index < -0.39 is 17.6 Å². The molecule has 2 amide bonds. The summed E-state index contributed by atoms with van der Waals surface area (Å²) in [5.74, 6) is -0.586. The van der Waals surface area contributed by atoms with Gasteiger partial charge in [0.25, 0.3) is 0 Å². The minimum absolute atomic E-state index is 0.0596. The lowest BCUT2D eigenvalue weighted by molar-refractivity contribution is -0.136. The number of carbonyl (C=O) groups is 2. The number of likely N-dealkylation sites (tertiary alicyclic amines) is 1. The number of rotatable bonds is 9. The van der Waals surface area contributed by atoms with Crippen LogP contribution in [-0.2, 0) is 16.1 Å². The fraction of sp³-hybridized carbons (Fsp3) is 0.281. The molecule has 0 unspecified atom stereocenters. The molecule has 4 aromatic rings. The molecule has 1 fully saturated rings. The van der Waals surface area contributed by atoms with Gasteiger partial charge in [0, 0.05) is 29.9 Å². The second-order valence-electron chi connectivity index (χ2n) is 10.2. The Morgan fingerprint density at radius 3 is 2.48 bits per heavy atom. The maximum absolute atomic E-state index is 15.0. The molecule has 3 aromatic carbocycles. The molecule has 5 rings (SSSR count). The van der Waals surface area contributed by atoms with Gasteiger partial charge in [-0.15, -0.1) is 0 Å². The second-order valence-corrected chi connectivity index (χ2v) is 10.2. The van der Waals surface area contributed by atoms with Crippen molar-refractivity contribution in [2.45, 2.75) is 19.4 Å². The van der Waals surface area contributed by atoms with Crippen molar-refractivity contribution in [3.8, 4) is 23.0 Å². The summed E-state index contributed by atoms with van der Waals surface area (Å²) in [5.41, 5.74) is 1.50. The summed E-state index contributed by atoms with van der Waals surface area (Å²) in [6, 6.07) is 18.4. The van der Waals surface area contributed by atoms with Crippen molar-refractivity contribution >= 4 is 28.4 Å². The summed E-state index contributed by atoms with van der Waals surface area (Å²) in [4.78, 5) is 31.3. The molecule has 218 valence electrons. The van der Waals surface area contributed by atoms with Gasteiger partial charge in [0.15, 0.2) is 23.1 Å². The summed E-state index contributed by atoms with van der Waals surface area (Å²) in [6.07, 6.45) is 3.72. The molecular formula is C32H33FN4O5. The molecule has 2 N–H and O–H groups in total. The summed E-state index contributed by atoms with van der Waals surface area (Å²) >= 11 is 0. The number of carbonyl (C=O) groups excluding carboxylic acids is 2. The largest absolute Gasteiger partial charge is 0.491 e. The third-order valence-corrected chi connectivity index (χ3v) is 7.22. The molecule has 2 heterocycles. The van der Waals surface area contributed by atoms with Gasteiger partial charge in [-0.1, -0.05) is 30.3 Å². The van der Waals surface area contributed by atoms with E-state index in [0.29, 0.717) is 40.7 Å². The molecule has 0 aliphatic carbocycles. The number of nitrogens with zero attached hydrogens (tertiary/aromatic N) is 2. The number of hydrogen-bond acceptors (Lipinski definition) is 7. The van der Waals surface area contributed by atoms with Crippen LogP contribution in [0, 0.1) is 11.7 Å². The van der Waals surface area contributed by atoms with E-state index in [1.54, 1.807) is 19.4 Å². The first-order valence-electron chi connectivity index (χ1n) is 13.8. The van der Waals surface area contributed by atoms with Crippen molar-refractivity contribution in [2.24, 2.45) is 5.92 Å². The van der Waals surface area contributed by atoms with Crippen molar-refractivity contribution in [1.82, 2.24) is 15.2 Å². The maximum atomic E-state index is 15.0. The molecule has 0 saturated carbocycles. The average molecular weight is 573 g/mol. The molecule has 0 spiro atoms. The number of halogens is 1. The molecule has 0 radical (unpaired) electrons. The number of pyridine rings is 1. The molecule has 1 aliphatic heterocycles. The standard InChI is InChI=1S/C32H33FN4O5/c1-37-16-13-22(14-17-37)20-41-28-11-9-24-26(12-15-34-29(24)30(28)40-2)42-27-10-8-23(18-25(27)33)36-32(39)31(38)35-19-21-6-4-3-5-7-21/h3-12,15,18,22H,13-14,16-17,19-20H2,1-2H3,(H,35,38)(H,36,39). The van der Waals surface area contributed by atoms with Crippen LogP contribution in [0.4, 0.5) is 10.1 Å². The number of nitrogens with one attached hydrogen (secondary N) is 2. The van der Waals surface area contributed by atoms with E-state index >= 15 is 4.39 Å². The van der Waals surface area contributed by atoms with Crippen molar-refractivity contribution in [1.29, 1.82) is 0 Å². The van der Waals surface area contributed by atoms with E-state index in [2.05, 4.69) is 27.6 Å². The Morgan fingerprint density at radius 1 is 0.976 bits per heavy atom. The zero-order valence-corrected chi connectivity index (χ0v) is 23.6. The molecule has 0 bridgehead atoms. The summed E-state index contributed by atoms with van der Waals surface area (Å²) in [6.45, 7) is 2.90. The second kappa shape index (κ2) is 13.3. The number of hydrogen-bond donors (Lipinski definition) is 2. The fourth-order valence-electron chi connectivity index (χ4n) is 4.81. The quantitative estimate of drug-likeness (QED) is 0.268. The number of ether oxygens (including phenoxy) is 3. The van der Waals surface area contributed by atoms with Crippen molar-refractivity contribution in [3.05, 3.63) is 84.3 Å². The highest BCUT2D eigenvalue weighted by molar-refractivity contribution is 6.39. The van der Waals surface area contributed by atoms with Crippen molar-refractivity contribution < 1.29 is 28.2 Å².